The molecule has 0 aliphatic heterocycles. The van der Waals surface area contributed by atoms with E-state index in [2.05, 4.69) is 6.92 Å². The Labute approximate surface area is 68.0 Å². The molecule has 0 saturated heterocycles. The Hall–Kier alpha value is -0.980. The van der Waals surface area contributed by atoms with E-state index in [0.29, 0.717) is 0 Å². The van der Waals surface area contributed by atoms with Gasteiger partial charge in [-0.05, 0) is 25.0 Å². The van der Waals surface area contributed by atoms with Gasteiger partial charge in [-0.1, -0.05) is 25.1 Å². The van der Waals surface area contributed by atoms with Crippen LogP contribution in [0.25, 0.3) is 0 Å². The highest BCUT2D eigenvalue weighted by molar-refractivity contribution is 5.31. The molecule has 0 aromatic heterocycles. The number of rotatable bonds is 3. The molecule has 0 bridgehead atoms. The Balaban J connectivity index is 2.62. The largest absolute Gasteiger partial charge is 0.486 e. The summed E-state index contributed by atoms with van der Waals surface area (Å²) in [6.07, 6.45) is 0.939. The van der Waals surface area contributed by atoms with Crippen LogP contribution in [0, 0.1) is 13.5 Å². The van der Waals surface area contributed by atoms with Gasteiger partial charge in [-0.25, -0.2) is 0 Å². The van der Waals surface area contributed by atoms with Crippen molar-refractivity contribution >= 4 is 0 Å². The Morgan fingerprint density at radius 2 is 2.09 bits per heavy atom. The number of hydrogen-bond acceptors (Lipinski definition) is 1. The van der Waals surface area contributed by atoms with Crippen molar-refractivity contribution in [2.45, 2.75) is 20.3 Å². The summed E-state index contributed by atoms with van der Waals surface area (Å²) in [6.45, 7) is 5.90. The lowest BCUT2D eigenvalue weighted by molar-refractivity contribution is 0.394. The summed E-state index contributed by atoms with van der Waals surface area (Å²) in [5, 5.41) is 0. The van der Waals surface area contributed by atoms with E-state index in [9.17, 15) is 0 Å². The number of benzene rings is 1. The van der Waals surface area contributed by atoms with Crippen LogP contribution >= 0.6 is 0 Å². The van der Waals surface area contributed by atoms with Gasteiger partial charge in [0.2, 0.25) is 0 Å². The molecule has 0 amide bonds. The highest BCUT2D eigenvalue weighted by Gasteiger charge is 1.94. The standard InChI is InChI=1S/C10H13O/c1-3-8-11-10-7-5-4-6-9(10)2/h4-8H,3H2,1-2H3. The molecule has 1 rings (SSSR count). The molecule has 0 N–H and O–H groups in total. The van der Waals surface area contributed by atoms with Gasteiger partial charge in [-0.2, -0.15) is 0 Å². The topological polar surface area (TPSA) is 9.23 Å². The first-order valence-corrected chi connectivity index (χ1v) is 3.88. The minimum absolute atomic E-state index is 0.939. The molecule has 0 aliphatic rings. The van der Waals surface area contributed by atoms with Gasteiger partial charge in [-0.15, -0.1) is 0 Å². The molecule has 1 aromatic rings. The maximum absolute atomic E-state index is 5.36. The average molecular weight is 149 g/mol. The van der Waals surface area contributed by atoms with E-state index in [1.165, 1.54) is 5.56 Å². The van der Waals surface area contributed by atoms with E-state index in [1.807, 2.05) is 37.8 Å². The number of hydrogen-bond donors (Lipinski definition) is 0. The zero-order valence-electron chi connectivity index (χ0n) is 7.00. The third-order valence-corrected chi connectivity index (χ3v) is 1.47. The molecule has 11 heavy (non-hydrogen) atoms. The van der Waals surface area contributed by atoms with Gasteiger partial charge in [0.15, 0.2) is 0 Å². The van der Waals surface area contributed by atoms with Crippen LogP contribution in [-0.4, -0.2) is 0 Å². The van der Waals surface area contributed by atoms with Crippen molar-refractivity contribution in [1.29, 1.82) is 0 Å². The summed E-state index contributed by atoms with van der Waals surface area (Å²) >= 11 is 0. The van der Waals surface area contributed by atoms with Gasteiger partial charge in [-0.3, -0.25) is 0 Å². The molecule has 1 aromatic carbocycles. The summed E-state index contributed by atoms with van der Waals surface area (Å²) in [4.78, 5) is 0. The zero-order chi connectivity index (χ0) is 8.10. The van der Waals surface area contributed by atoms with Crippen molar-refractivity contribution in [3.63, 3.8) is 0 Å². The molecule has 1 radical (unpaired) electrons. The Bertz CT molecular complexity index is 218. The van der Waals surface area contributed by atoms with Crippen LogP contribution in [-0.2, 0) is 0 Å². The normalized spacial score (nSPS) is 9.64. The van der Waals surface area contributed by atoms with Crippen LogP contribution in [0.5, 0.6) is 5.75 Å². The van der Waals surface area contributed by atoms with Crippen LogP contribution in [0.3, 0.4) is 0 Å². The fraction of sp³-hybridized carbons (Fsp3) is 0.300. The maximum atomic E-state index is 5.36. The lowest BCUT2D eigenvalue weighted by Crippen LogP contribution is -1.89. The number of aryl methyl sites for hydroxylation is 1. The zero-order valence-corrected chi connectivity index (χ0v) is 7.00. The summed E-state index contributed by atoms with van der Waals surface area (Å²) < 4.78 is 5.36. The number of ether oxygens (including phenoxy) is 1. The van der Waals surface area contributed by atoms with E-state index in [0.717, 1.165) is 12.2 Å². The van der Waals surface area contributed by atoms with Crippen LogP contribution in [0.15, 0.2) is 24.3 Å². The smallest absolute Gasteiger partial charge is 0.135 e. The molecule has 1 heteroatoms. The predicted molar refractivity (Wildman–Crippen MR) is 46.4 cm³/mol. The molecular formula is C10H13O. The fourth-order valence-corrected chi connectivity index (χ4v) is 0.862. The summed E-state index contributed by atoms with van der Waals surface area (Å²) in [6, 6.07) is 8.00. The SMILES string of the molecule is CC[CH]Oc1ccccc1C. The van der Waals surface area contributed by atoms with Crippen LogP contribution < -0.4 is 4.74 Å². The summed E-state index contributed by atoms with van der Waals surface area (Å²) in [7, 11) is 0. The lowest BCUT2D eigenvalue weighted by atomic mass is 10.2. The van der Waals surface area contributed by atoms with E-state index < -0.39 is 0 Å². The van der Waals surface area contributed by atoms with Crippen LogP contribution in [0.1, 0.15) is 18.9 Å². The molecule has 0 atom stereocenters. The monoisotopic (exact) mass is 149 g/mol. The lowest BCUT2D eigenvalue weighted by Gasteiger charge is -2.05. The first kappa shape index (κ1) is 8.12. The van der Waals surface area contributed by atoms with Gasteiger partial charge in [0, 0.05) is 0 Å². The molecule has 59 valence electrons. The Morgan fingerprint density at radius 1 is 1.36 bits per heavy atom. The molecule has 0 unspecified atom stereocenters. The molecule has 0 saturated carbocycles. The summed E-state index contributed by atoms with van der Waals surface area (Å²) in [5.74, 6) is 0.953. The first-order valence-electron chi connectivity index (χ1n) is 3.88. The molecule has 0 spiro atoms. The predicted octanol–water partition coefficient (Wildman–Crippen LogP) is 2.95. The fourth-order valence-electron chi connectivity index (χ4n) is 0.862. The van der Waals surface area contributed by atoms with Crippen LogP contribution in [0.2, 0.25) is 0 Å². The quantitative estimate of drug-likeness (QED) is 0.642. The van der Waals surface area contributed by atoms with Gasteiger partial charge in [0.05, 0.1) is 0 Å². The Morgan fingerprint density at radius 3 is 2.73 bits per heavy atom. The van der Waals surface area contributed by atoms with Gasteiger partial charge in [0.1, 0.15) is 12.4 Å². The number of para-hydroxylation sites is 1. The molecule has 0 fully saturated rings. The summed E-state index contributed by atoms with van der Waals surface area (Å²) in [5.41, 5.74) is 1.18. The van der Waals surface area contributed by atoms with Crippen molar-refractivity contribution in [1.82, 2.24) is 0 Å². The maximum Gasteiger partial charge on any atom is 0.135 e. The van der Waals surface area contributed by atoms with E-state index >= 15 is 0 Å². The second-order valence-electron chi connectivity index (χ2n) is 2.46. The minimum atomic E-state index is 0.939. The minimum Gasteiger partial charge on any atom is -0.486 e. The average Bonchev–Trinajstić information content (AvgIpc) is 2.03. The highest BCUT2D eigenvalue weighted by Crippen LogP contribution is 2.16. The van der Waals surface area contributed by atoms with Crippen molar-refractivity contribution < 1.29 is 4.74 Å². The van der Waals surface area contributed by atoms with Crippen molar-refractivity contribution in [3.05, 3.63) is 36.4 Å². The molecule has 1 nitrogen and oxygen atoms in total. The third kappa shape index (κ3) is 2.26. The van der Waals surface area contributed by atoms with E-state index in [1.54, 1.807) is 0 Å². The highest BCUT2D eigenvalue weighted by atomic mass is 16.5. The second-order valence-corrected chi connectivity index (χ2v) is 2.46. The third-order valence-electron chi connectivity index (χ3n) is 1.47. The van der Waals surface area contributed by atoms with Gasteiger partial charge in [0.25, 0.3) is 0 Å². The van der Waals surface area contributed by atoms with E-state index in [-0.39, 0.29) is 0 Å². The second kappa shape index (κ2) is 4.02. The molecular weight excluding hydrogens is 136 g/mol. The Kier molecular flexibility index (Phi) is 2.96. The molecule has 0 aliphatic carbocycles. The van der Waals surface area contributed by atoms with Gasteiger partial charge >= 0.3 is 0 Å². The van der Waals surface area contributed by atoms with Crippen LogP contribution in [0.4, 0.5) is 0 Å². The van der Waals surface area contributed by atoms with E-state index in [4.69, 9.17) is 4.74 Å². The first-order chi connectivity index (χ1) is 5.34. The van der Waals surface area contributed by atoms with Crippen molar-refractivity contribution in [2.75, 3.05) is 0 Å². The van der Waals surface area contributed by atoms with Crippen molar-refractivity contribution in [3.8, 4) is 5.75 Å². The molecule has 0 heterocycles. The van der Waals surface area contributed by atoms with Crippen molar-refractivity contribution in [2.24, 2.45) is 0 Å². The van der Waals surface area contributed by atoms with Gasteiger partial charge < -0.3 is 4.74 Å².